The Morgan fingerprint density at radius 3 is 2.72 bits per heavy atom. The third-order valence-corrected chi connectivity index (χ3v) is 5.51. The van der Waals surface area contributed by atoms with Gasteiger partial charge in [-0.3, -0.25) is 9.69 Å². The molecule has 4 rings (SSSR count). The number of carboxylic acids is 1. The second kappa shape index (κ2) is 8.55. The van der Waals surface area contributed by atoms with Crippen LogP contribution in [0.2, 0.25) is 0 Å². The first kappa shape index (κ1) is 19.3. The Balaban J connectivity index is 1.57. The standard InChI is InChI=1S/C22H21NO5S/c1-23(13-22(24)25)8-9-26-18-6-4-15(11-17(18)21-3-2-10-29-21)16-5-7-19-20(12-16)28-14-27-19/h2-7,10-12H,8-9,13-14H2,1H3,(H,24,25). The van der Waals surface area contributed by atoms with Gasteiger partial charge < -0.3 is 19.3 Å². The maximum absolute atomic E-state index is 10.8. The molecular weight excluding hydrogens is 390 g/mol. The van der Waals surface area contributed by atoms with Crippen LogP contribution in [0.25, 0.3) is 21.6 Å². The average molecular weight is 411 g/mol. The lowest BCUT2D eigenvalue weighted by atomic mass is 10.0. The number of thiophene rings is 1. The van der Waals surface area contributed by atoms with Crippen LogP contribution in [-0.4, -0.2) is 49.5 Å². The van der Waals surface area contributed by atoms with Crippen LogP contribution < -0.4 is 14.2 Å². The van der Waals surface area contributed by atoms with E-state index in [2.05, 4.69) is 12.1 Å². The van der Waals surface area contributed by atoms with Crippen LogP contribution in [0.5, 0.6) is 17.2 Å². The number of fused-ring (bicyclic) bond motifs is 1. The van der Waals surface area contributed by atoms with Crippen molar-refractivity contribution in [2.45, 2.75) is 0 Å². The number of ether oxygens (including phenoxy) is 3. The Bertz CT molecular complexity index is 1000. The molecule has 1 aliphatic rings. The van der Waals surface area contributed by atoms with E-state index in [1.54, 1.807) is 23.3 Å². The minimum absolute atomic E-state index is 0.00973. The molecule has 0 atom stereocenters. The van der Waals surface area contributed by atoms with Gasteiger partial charge in [-0.2, -0.15) is 0 Å². The molecule has 0 radical (unpaired) electrons. The van der Waals surface area contributed by atoms with Gasteiger partial charge in [-0.05, 0) is 53.9 Å². The highest BCUT2D eigenvalue weighted by molar-refractivity contribution is 7.13. The molecule has 1 aromatic heterocycles. The van der Waals surface area contributed by atoms with Crippen molar-refractivity contribution in [2.24, 2.45) is 0 Å². The fourth-order valence-electron chi connectivity index (χ4n) is 3.16. The van der Waals surface area contributed by atoms with Crippen molar-refractivity contribution in [2.75, 3.05) is 33.5 Å². The summed E-state index contributed by atoms with van der Waals surface area (Å²) in [6, 6.07) is 16.1. The zero-order valence-corrected chi connectivity index (χ0v) is 16.8. The largest absolute Gasteiger partial charge is 0.492 e. The third-order valence-electron chi connectivity index (χ3n) is 4.61. The molecule has 0 amide bonds. The van der Waals surface area contributed by atoms with E-state index in [4.69, 9.17) is 19.3 Å². The Hall–Kier alpha value is -3.03. The highest BCUT2D eigenvalue weighted by Crippen LogP contribution is 2.40. The molecule has 0 saturated heterocycles. The van der Waals surface area contributed by atoms with Crippen LogP contribution in [-0.2, 0) is 4.79 Å². The summed E-state index contributed by atoms with van der Waals surface area (Å²) in [4.78, 5) is 13.6. The zero-order valence-electron chi connectivity index (χ0n) is 16.0. The molecule has 29 heavy (non-hydrogen) atoms. The minimum atomic E-state index is -0.847. The molecule has 150 valence electrons. The van der Waals surface area contributed by atoms with Gasteiger partial charge in [0.1, 0.15) is 12.4 Å². The lowest BCUT2D eigenvalue weighted by Crippen LogP contribution is -2.29. The Morgan fingerprint density at radius 1 is 1.14 bits per heavy atom. The fourth-order valence-corrected chi connectivity index (χ4v) is 3.90. The summed E-state index contributed by atoms with van der Waals surface area (Å²) in [5.41, 5.74) is 3.11. The highest BCUT2D eigenvalue weighted by Gasteiger charge is 2.16. The van der Waals surface area contributed by atoms with E-state index in [1.807, 2.05) is 41.8 Å². The number of rotatable bonds is 8. The zero-order chi connectivity index (χ0) is 20.2. The number of carboxylic acid groups (broad SMARTS) is 1. The van der Waals surface area contributed by atoms with Crippen LogP contribution in [0, 0.1) is 0 Å². The lowest BCUT2D eigenvalue weighted by molar-refractivity contribution is -0.138. The van der Waals surface area contributed by atoms with Gasteiger partial charge in [-0.1, -0.05) is 18.2 Å². The van der Waals surface area contributed by atoms with Crippen LogP contribution in [0.15, 0.2) is 53.9 Å². The van der Waals surface area contributed by atoms with E-state index in [0.29, 0.717) is 13.2 Å². The Morgan fingerprint density at radius 2 is 1.93 bits per heavy atom. The van der Waals surface area contributed by atoms with E-state index in [-0.39, 0.29) is 13.3 Å². The summed E-state index contributed by atoms with van der Waals surface area (Å²) in [5, 5.41) is 10.9. The predicted octanol–water partition coefficient (Wildman–Crippen LogP) is 4.21. The van der Waals surface area contributed by atoms with E-state index < -0.39 is 5.97 Å². The molecule has 0 unspecified atom stereocenters. The van der Waals surface area contributed by atoms with Crippen molar-refractivity contribution in [3.05, 3.63) is 53.9 Å². The van der Waals surface area contributed by atoms with Gasteiger partial charge in [-0.25, -0.2) is 0 Å². The monoisotopic (exact) mass is 411 g/mol. The van der Waals surface area contributed by atoms with Gasteiger partial charge in [0.25, 0.3) is 0 Å². The second-order valence-corrected chi connectivity index (χ2v) is 7.68. The number of hydrogen-bond donors (Lipinski definition) is 1. The summed E-state index contributed by atoms with van der Waals surface area (Å²) in [6.45, 7) is 1.18. The SMILES string of the molecule is CN(CCOc1ccc(-c2ccc3c(c2)OCO3)cc1-c1cccs1)CC(=O)O. The van der Waals surface area contributed by atoms with Gasteiger partial charge in [0, 0.05) is 17.0 Å². The van der Waals surface area contributed by atoms with Crippen LogP contribution in [0.4, 0.5) is 0 Å². The van der Waals surface area contributed by atoms with Gasteiger partial charge in [0.05, 0.1) is 6.54 Å². The summed E-state index contributed by atoms with van der Waals surface area (Å²) < 4.78 is 16.9. The van der Waals surface area contributed by atoms with Crippen molar-refractivity contribution in [1.29, 1.82) is 0 Å². The highest BCUT2D eigenvalue weighted by atomic mass is 32.1. The molecular formula is C22H21NO5S. The number of hydrogen-bond acceptors (Lipinski definition) is 6. The van der Waals surface area contributed by atoms with Gasteiger partial charge in [0.15, 0.2) is 11.5 Å². The van der Waals surface area contributed by atoms with Crippen LogP contribution in [0.3, 0.4) is 0 Å². The van der Waals surface area contributed by atoms with Gasteiger partial charge in [-0.15, -0.1) is 11.3 Å². The molecule has 0 saturated carbocycles. The molecule has 6 nitrogen and oxygen atoms in total. The summed E-state index contributed by atoms with van der Waals surface area (Å²) in [6.07, 6.45) is 0. The molecule has 3 aromatic rings. The maximum Gasteiger partial charge on any atom is 0.317 e. The predicted molar refractivity (Wildman–Crippen MR) is 112 cm³/mol. The number of benzene rings is 2. The topological polar surface area (TPSA) is 68.2 Å². The van der Waals surface area contributed by atoms with Crippen LogP contribution in [0.1, 0.15) is 0 Å². The molecule has 7 heteroatoms. The molecule has 2 aromatic carbocycles. The smallest absolute Gasteiger partial charge is 0.317 e. The number of likely N-dealkylation sites (N-methyl/N-ethyl adjacent to an activating group) is 1. The first-order chi connectivity index (χ1) is 14.1. The van der Waals surface area contributed by atoms with Crippen LogP contribution >= 0.6 is 11.3 Å². The molecule has 2 heterocycles. The summed E-state index contributed by atoms with van der Waals surface area (Å²) >= 11 is 1.65. The molecule has 0 spiro atoms. The molecule has 1 aliphatic heterocycles. The fraction of sp³-hybridized carbons (Fsp3) is 0.227. The summed E-state index contributed by atoms with van der Waals surface area (Å²) in [7, 11) is 1.76. The lowest BCUT2D eigenvalue weighted by Gasteiger charge is -2.16. The number of nitrogens with zero attached hydrogens (tertiary/aromatic N) is 1. The van der Waals surface area contributed by atoms with Gasteiger partial charge >= 0.3 is 5.97 Å². The molecule has 1 N–H and O–H groups in total. The van der Waals surface area contributed by atoms with E-state index >= 15 is 0 Å². The first-order valence-electron chi connectivity index (χ1n) is 9.21. The molecule has 0 bridgehead atoms. The number of carbonyl (C=O) groups is 1. The van der Waals surface area contributed by atoms with Gasteiger partial charge in [0.2, 0.25) is 6.79 Å². The van der Waals surface area contributed by atoms with E-state index in [1.165, 1.54) is 0 Å². The van der Waals surface area contributed by atoms with Crippen molar-refractivity contribution in [3.8, 4) is 38.8 Å². The van der Waals surface area contributed by atoms with E-state index in [9.17, 15) is 4.79 Å². The van der Waals surface area contributed by atoms with Crippen molar-refractivity contribution in [3.63, 3.8) is 0 Å². The Kier molecular flexibility index (Phi) is 5.69. The summed E-state index contributed by atoms with van der Waals surface area (Å²) in [5.74, 6) is 1.44. The van der Waals surface area contributed by atoms with E-state index in [0.717, 1.165) is 38.8 Å². The van der Waals surface area contributed by atoms with Crippen molar-refractivity contribution in [1.82, 2.24) is 4.90 Å². The normalized spacial score (nSPS) is 12.3. The average Bonchev–Trinajstić information content (AvgIpc) is 3.39. The molecule has 0 aliphatic carbocycles. The van der Waals surface area contributed by atoms with Crippen molar-refractivity contribution < 1.29 is 24.1 Å². The van der Waals surface area contributed by atoms with Crippen molar-refractivity contribution >= 4 is 17.3 Å². The quantitative estimate of drug-likeness (QED) is 0.599. The number of aliphatic carboxylic acids is 1. The first-order valence-corrected chi connectivity index (χ1v) is 10.1. The Labute approximate surface area is 172 Å². The second-order valence-electron chi connectivity index (χ2n) is 6.74. The third kappa shape index (κ3) is 4.52. The molecule has 0 fully saturated rings. The minimum Gasteiger partial charge on any atom is -0.492 e. The maximum atomic E-state index is 10.8.